The van der Waals surface area contributed by atoms with Crippen LogP contribution in [0.2, 0.25) is 0 Å². The lowest BCUT2D eigenvalue weighted by Crippen LogP contribution is -2.02. The second-order valence-electron chi connectivity index (χ2n) is 2.62. The van der Waals surface area contributed by atoms with Gasteiger partial charge in [-0.1, -0.05) is 22.9 Å². The Morgan fingerprint density at radius 2 is 2.38 bits per heavy atom. The molecule has 1 aromatic rings. The highest BCUT2D eigenvalue weighted by Crippen LogP contribution is 2.14. The van der Waals surface area contributed by atoms with Gasteiger partial charge in [0.15, 0.2) is 0 Å². The molecule has 1 unspecified atom stereocenters. The fourth-order valence-electron chi connectivity index (χ4n) is 0.979. The lowest BCUT2D eigenvalue weighted by atomic mass is 10.1. The number of aryl methyl sites for hydroxylation is 1. The molecule has 68 valence electrons. The average molecular weight is 240 g/mol. The van der Waals surface area contributed by atoms with E-state index in [0.717, 1.165) is 17.8 Å². The molecule has 1 rings (SSSR count). The summed E-state index contributed by atoms with van der Waals surface area (Å²) in [5.74, 6) is -0.173. The second kappa shape index (κ2) is 4.93. The minimum Gasteiger partial charge on any atom is -0.241 e. The van der Waals surface area contributed by atoms with Gasteiger partial charge in [0.2, 0.25) is 0 Å². The van der Waals surface area contributed by atoms with Gasteiger partial charge in [0.1, 0.15) is 6.33 Å². The topological polar surface area (TPSA) is 49.6 Å². The molecule has 1 aromatic heterocycles. The minimum absolute atomic E-state index is 0.173. The van der Waals surface area contributed by atoms with Crippen LogP contribution < -0.4 is 0 Å². The molecule has 3 nitrogen and oxygen atoms in total. The van der Waals surface area contributed by atoms with E-state index in [1.165, 1.54) is 6.33 Å². The number of halogens is 1. The largest absolute Gasteiger partial charge is 0.241 e. The molecule has 0 bridgehead atoms. The van der Waals surface area contributed by atoms with E-state index >= 15 is 0 Å². The number of rotatable bonds is 3. The molecule has 0 saturated heterocycles. The zero-order chi connectivity index (χ0) is 9.68. The van der Waals surface area contributed by atoms with Gasteiger partial charge in [-0.15, -0.1) is 0 Å². The van der Waals surface area contributed by atoms with E-state index in [1.54, 1.807) is 0 Å². The average Bonchev–Trinajstić information content (AvgIpc) is 2.20. The van der Waals surface area contributed by atoms with Crippen LogP contribution in [0, 0.1) is 11.3 Å². The van der Waals surface area contributed by atoms with Gasteiger partial charge < -0.3 is 0 Å². The molecule has 0 amide bonds. The van der Waals surface area contributed by atoms with Crippen molar-refractivity contribution in [2.45, 2.75) is 19.3 Å². The van der Waals surface area contributed by atoms with Crippen LogP contribution >= 0.6 is 15.9 Å². The van der Waals surface area contributed by atoms with E-state index in [2.05, 4.69) is 32.0 Å². The van der Waals surface area contributed by atoms with Gasteiger partial charge in [0, 0.05) is 11.0 Å². The molecular weight excluding hydrogens is 230 g/mol. The van der Waals surface area contributed by atoms with Crippen molar-refractivity contribution in [3.05, 3.63) is 23.8 Å². The van der Waals surface area contributed by atoms with E-state index in [4.69, 9.17) is 5.26 Å². The van der Waals surface area contributed by atoms with Gasteiger partial charge in [-0.3, -0.25) is 0 Å². The number of nitrogens with zero attached hydrogens (tertiary/aromatic N) is 3. The van der Waals surface area contributed by atoms with Crippen LogP contribution in [0.25, 0.3) is 0 Å². The summed E-state index contributed by atoms with van der Waals surface area (Å²) in [6.07, 6.45) is 2.39. The van der Waals surface area contributed by atoms with Crippen molar-refractivity contribution in [3.63, 3.8) is 0 Å². The number of hydrogen-bond acceptors (Lipinski definition) is 3. The summed E-state index contributed by atoms with van der Waals surface area (Å²) < 4.78 is 0. The highest BCUT2D eigenvalue weighted by Gasteiger charge is 2.10. The summed E-state index contributed by atoms with van der Waals surface area (Å²) in [5.41, 5.74) is 1.78. The molecule has 0 saturated carbocycles. The first-order chi connectivity index (χ1) is 6.31. The molecule has 0 aliphatic rings. The molecule has 0 aliphatic heterocycles. The summed E-state index contributed by atoms with van der Waals surface area (Å²) in [6, 6.07) is 4.07. The highest BCUT2D eigenvalue weighted by atomic mass is 79.9. The van der Waals surface area contributed by atoms with Crippen LogP contribution in [0.5, 0.6) is 0 Å². The first-order valence-electron chi connectivity index (χ1n) is 4.08. The van der Waals surface area contributed by atoms with Crippen molar-refractivity contribution in [2.24, 2.45) is 0 Å². The first-order valence-corrected chi connectivity index (χ1v) is 5.20. The van der Waals surface area contributed by atoms with Crippen molar-refractivity contribution in [1.29, 1.82) is 5.26 Å². The zero-order valence-electron chi connectivity index (χ0n) is 7.37. The highest BCUT2D eigenvalue weighted by molar-refractivity contribution is 9.09. The van der Waals surface area contributed by atoms with Crippen LogP contribution in [0.4, 0.5) is 0 Å². The quantitative estimate of drug-likeness (QED) is 0.759. The van der Waals surface area contributed by atoms with Gasteiger partial charge in [-0.05, 0) is 12.5 Å². The summed E-state index contributed by atoms with van der Waals surface area (Å²) in [7, 11) is 0. The molecule has 0 radical (unpaired) electrons. The van der Waals surface area contributed by atoms with E-state index in [-0.39, 0.29) is 5.92 Å². The van der Waals surface area contributed by atoms with Crippen molar-refractivity contribution in [1.82, 2.24) is 9.97 Å². The first kappa shape index (κ1) is 10.1. The monoisotopic (exact) mass is 239 g/mol. The Balaban J connectivity index is 2.94. The Kier molecular flexibility index (Phi) is 3.84. The number of hydrogen-bond donors (Lipinski definition) is 0. The summed E-state index contributed by atoms with van der Waals surface area (Å²) in [6.45, 7) is 2.03. The molecule has 1 atom stereocenters. The Morgan fingerprint density at radius 3 is 2.92 bits per heavy atom. The lowest BCUT2D eigenvalue weighted by Gasteiger charge is -2.04. The maximum absolute atomic E-state index is 8.80. The maximum Gasteiger partial charge on any atom is 0.115 e. The summed E-state index contributed by atoms with van der Waals surface area (Å²) in [5, 5.41) is 9.42. The molecule has 0 aliphatic carbocycles. The fraction of sp³-hybridized carbons (Fsp3) is 0.444. The molecular formula is C9H10BrN3. The van der Waals surface area contributed by atoms with Crippen LogP contribution in [-0.2, 0) is 6.42 Å². The van der Waals surface area contributed by atoms with Crippen LogP contribution in [0.15, 0.2) is 12.4 Å². The molecule has 0 aromatic carbocycles. The summed E-state index contributed by atoms with van der Waals surface area (Å²) in [4.78, 5) is 8.14. The molecule has 0 spiro atoms. The number of alkyl halides is 1. The fourth-order valence-corrected chi connectivity index (χ4v) is 1.46. The van der Waals surface area contributed by atoms with E-state index in [1.807, 2.05) is 13.0 Å². The van der Waals surface area contributed by atoms with Gasteiger partial charge in [0.25, 0.3) is 0 Å². The van der Waals surface area contributed by atoms with Gasteiger partial charge in [-0.25, -0.2) is 9.97 Å². The molecule has 4 heteroatoms. The van der Waals surface area contributed by atoms with Crippen LogP contribution in [0.3, 0.4) is 0 Å². The maximum atomic E-state index is 8.80. The van der Waals surface area contributed by atoms with Gasteiger partial charge in [0.05, 0.1) is 17.7 Å². The predicted octanol–water partition coefficient (Wildman–Crippen LogP) is 2.04. The van der Waals surface area contributed by atoms with Crippen LogP contribution in [-0.4, -0.2) is 15.3 Å². The lowest BCUT2D eigenvalue weighted by molar-refractivity contribution is 0.888. The SMILES string of the molecule is CCc1cc(C(C#N)CBr)ncn1. The van der Waals surface area contributed by atoms with Crippen molar-refractivity contribution in [2.75, 3.05) is 5.33 Å². The minimum atomic E-state index is -0.173. The third-order valence-corrected chi connectivity index (χ3v) is 2.42. The molecule has 13 heavy (non-hydrogen) atoms. The normalized spacial score (nSPS) is 12.1. The Bertz CT molecular complexity index is 319. The van der Waals surface area contributed by atoms with Gasteiger partial charge in [-0.2, -0.15) is 5.26 Å². The standard InChI is InChI=1S/C9H10BrN3/c1-2-8-3-9(13-6-12-8)7(4-10)5-11/h3,6-7H,2,4H2,1H3. The Hall–Kier alpha value is -0.950. The second-order valence-corrected chi connectivity index (χ2v) is 3.27. The molecule has 0 fully saturated rings. The van der Waals surface area contributed by atoms with Crippen LogP contribution in [0.1, 0.15) is 24.2 Å². The van der Waals surface area contributed by atoms with Gasteiger partial charge >= 0.3 is 0 Å². The Morgan fingerprint density at radius 1 is 1.62 bits per heavy atom. The van der Waals surface area contributed by atoms with Crippen molar-refractivity contribution in [3.8, 4) is 6.07 Å². The van der Waals surface area contributed by atoms with E-state index < -0.39 is 0 Å². The Labute approximate surface area is 86.0 Å². The predicted molar refractivity (Wildman–Crippen MR) is 53.6 cm³/mol. The number of nitriles is 1. The molecule has 1 heterocycles. The smallest absolute Gasteiger partial charge is 0.115 e. The van der Waals surface area contributed by atoms with E-state index in [0.29, 0.717) is 5.33 Å². The third-order valence-electron chi connectivity index (χ3n) is 1.77. The molecule has 0 N–H and O–H groups in total. The zero-order valence-corrected chi connectivity index (χ0v) is 8.95. The third kappa shape index (κ3) is 2.49. The van der Waals surface area contributed by atoms with Crippen molar-refractivity contribution < 1.29 is 0 Å². The van der Waals surface area contributed by atoms with Crippen molar-refractivity contribution >= 4 is 15.9 Å². The van der Waals surface area contributed by atoms with E-state index in [9.17, 15) is 0 Å². The summed E-state index contributed by atoms with van der Waals surface area (Å²) >= 11 is 3.28. The number of aromatic nitrogens is 2.